The molecule has 0 spiro atoms. The lowest BCUT2D eigenvalue weighted by Gasteiger charge is -2.31. The minimum Gasteiger partial charge on any atom is -0.294 e. The number of thioether (sulfide) groups is 1. The molecular weight excluding hydrogens is 310 g/mol. The molecule has 1 fully saturated rings. The lowest BCUT2D eigenvalue weighted by Crippen LogP contribution is -2.37. The average Bonchev–Trinajstić information content (AvgIpc) is 2.50. The number of nitrogens with one attached hydrogen (secondary N) is 1. The molecule has 132 valence electrons. The summed E-state index contributed by atoms with van der Waals surface area (Å²) < 4.78 is 0. The molecule has 1 saturated carbocycles. The van der Waals surface area contributed by atoms with Crippen LogP contribution in [0, 0.1) is 11.8 Å². The Hall–Kier alpha value is -0.810. The van der Waals surface area contributed by atoms with E-state index in [0.29, 0.717) is 36.0 Å². The molecule has 0 amide bonds. The largest absolute Gasteiger partial charge is 0.294 e. The Morgan fingerprint density at radius 3 is 2.61 bits per heavy atom. The zero-order valence-electron chi connectivity index (χ0n) is 15.1. The van der Waals surface area contributed by atoms with Crippen molar-refractivity contribution in [3.05, 3.63) is 11.3 Å². The summed E-state index contributed by atoms with van der Waals surface area (Å²) in [6.45, 7) is 10.7. The van der Waals surface area contributed by atoms with E-state index in [2.05, 4.69) is 19.3 Å². The molecule has 0 heterocycles. The van der Waals surface area contributed by atoms with Gasteiger partial charge in [0.2, 0.25) is 0 Å². The lowest BCUT2D eigenvalue weighted by atomic mass is 9.73. The average molecular weight is 342 g/mol. The first-order valence-electron chi connectivity index (χ1n) is 8.76. The van der Waals surface area contributed by atoms with Gasteiger partial charge in [-0.25, -0.2) is 0 Å². The van der Waals surface area contributed by atoms with Crippen molar-refractivity contribution in [2.24, 2.45) is 11.8 Å². The summed E-state index contributed by atoms with van der Waals surface area (Å²) in [6, 6.07) is 0. The van der Waals surface area contributed by atoms with Crippen LogP contribution < -0.4 is 5.48 Å². The van der Waals surface area contributed by atoms with Crippen molar-refractivity contribution in [1.82, 2.24) is 5.48 Å². The van der Waals surface area contributed by atoms with Crippen molar-refractivity contribution in [2.45, 2.75) is 65.6 Å². The number of ketones is 2. The predicted octanol–water partition coefficient (Wildman–Crippen LogP) is 3.91. The van der Waals surface area contributed by atoms with Crippen LogP contribution in [-0.4, -0.2) is 29.2 Å². The van der Waals surface area contributed by atoms with Crippen molar-refractivity contribution >= 4 is 23.3 Å². The van der Waals surface area contributed by atoms with Crippen LogP contribution in [-0.2, 0) is 14.4 Å². The lowest BCUT2D eigenvalue weighted by molar-refractivity contribution is -0.129. The molecule has 0 aromatic carbocycles. The van der Waals surface area contributed by atoms with Crippen LogP contribution in [0.25, 0.3) is 0 Å². The van der Waals surface area contributed by atoms with E-state index in [1.807, 2.05) is 32.5 Å². The highest BCUT2D eigenvalue weighted by Gasteiger charge is 2.39. The summed E-state index contributed by atoms with van der Waals surface area (Å²) >= 11 is 1.89. The molecule has 3 unspecified atom stereocenters. The minimum absolute atomic E-state index is 0.0180. The number of hydrogen-bond acceptors (Lipinski definition) is 5. The van der Waals surface area contributed by atoms with Crippen molar-refractivity contribution in [3.63, 3.8) is 0 Å². The topological polar surface area (TPSA) is 55.4 Å². The third-order valence-corrected chi connectivity index (χ3v) is 5.42. The zero-order chi connectivity index (χ0) is 17.4. The maximum atomic E-state index is 12.8. The van der Waals surface area contributed by atoms with Gasteiger partial charge in [0.15, 0.2) is 11.6 Å². The minimum atomic E-state index is -0.0992. The maximum absolute atomic E-state index is 12.8. The predicted molar refractivity (Wildman–Crippen MR) is 96.2 cm³/mol. The highest BCUT2D eigenvalue weighted by Crippen LogP contribution is 2.35. The van der Waals surface area contributed by atoms with Gasteiger partial charge < -0.3 is 0 Å². The number of allylic oxidation sites excluding steroid dienone is 2. The fourth-order valence-corrected chi connectivity index (χ4v) is 4.07. The van der Waals surface area contributed by atoms with E-state index in [-0.39, 0.29) is 23.4 Å². The molecule has 23 heavy (non-hydrogen) atoms. The van der Waals surface area contributed by atoms with Gasteiger partial charge >= 0.3 is 0 Å². The normalized spacial score (nSPS) is 25.4. The van der Waals surface area contributed by atoms with Crippen LogP contribution in [0.2, 0.25) is 0 Å². The molecule has 0 bridgehead atoms. The van der Waals surface area contributed by atoms with Crippen LogP contribution in [0.15, 0.2) is 11.3 Å². The number of carbonyl (C=O) groups is 2. The maximum Gasteiger partial charge on any atom is 0.171 e. The van der Waals surface area contributed by atoms with E-state index < -0.39 is 0 Å². The molecule has 0 radical (unpaired) electrons. The Bertz CT molecular complexity index is 448. The molecule has 1 N–H and O–H groups in total. The summed E-state index contributed by atoms with van der Waals surface area (Å²) in [4.78, 5) is 30.6. The highest BCUT2D eigenvalue weighted by atomic mass is 32.2. The quantitative estimate of drug-likeness (QED) is 0.391. The van der Waals surface area contributed by atoms with Gasteiger partial charge in [-0.2, -0.15) is 11.8 Å². The highest BCUT2D eigenvalue weighted by molar-refractivity contribution is 7.99. The number of hydrogen-bond donors (Lipinski definition) is 1. The third kappa shape index (κ3) is 5.64. The van der Waals surface area contributed by atoms with Crippen LogP contribution in [0.5, 0.6) is 0 Å². The third-order valence-electron chi connectivity index (χ3n) is 4.32. The van der Waals surface area contributed by atoms with Crippen LogP contribution in [0.1, 0.15) is 60.3 Å². The van der Waals surface area contributed by atoms with E-state index in [0.717, 1.165) is 18.6 Å². The molecule has 0 aliphatic heterocycles. The van der Waals surface area contributed by atoms with Crippen molar-refractivity contribution < 1.29 is 14.4 Å². The molecule has 3 atom stereocenters. The second-order valence-electron chi connectivity index (χ2n) is 6.18. The Morgan fingerprint density at radius 2 is 2.04 bits per heavy atom. The molecule has 4 nitrogen and oxygen atoms in total. The van der Waals surface area contributed by atoms with Gasteiger partial charge in [-0.3, -0.25) is 19.9 Å². The molecule has 1 aliphatic carbocycles. The molecule has 5 heteroatoms. The summed E-state index contributed by atoms with van der Waals surface area (Å²) in [5.74, 6) is 1.08. The number of Topliss-reactive ketones (excluding diaryl/α,β-unsaturated/α-hetero) is 2. The van der Waals surface area contributed by atoms with E-state index in [1.165, 1.54) is 0 Å². The van der Waals surface area contributed by atoms with Crippen LogP contribution in [0.3, 0.4) is 0 Å². The first-order chi connectivity index (χ1) is 11.0. The second kappa shape index (κ2) is 10.1. The summed E-state index contributed by atoms with van der Waals surface area (Å²) in [6.07, 6.45) is 2.91. The van der Waals surface area contributed by atoms with Gasteiger partial charge in [0.05, 0.1) is 17.9 Å². The first-order valence-corrected chi connectivity index (χ1v) is 9.80. The van der Waals surface area contributed by atoms with Crippen LogP contribution >= 0.6 is 11.8 Å². The molecule has 0 saturated heterocycles. The van der Waals surface area contributed by atoms with Crippen molar-refractivity contribution in [1.29, 1.82) is 0 Å². The first kappa shape index (κ1) is 20.2. The van der Waals surface area contributed by atoms with Crippen molar-refractivity contribution in [2.75, 3.05) is 12.4 Å². The summed E-state index contributed by atoms with van der Waals surface area (Å²) in [5.41, 5.74) is 3.84. The Kier molecular flexibility index (Phi) is 8.92. The zero-order valence-corrected chi connectivity index (χ0v) is 15.9. The van der Waals surface area contributed by atoms with E-state index in [4.69, 9.17) is 4.84 Å². The van der Waals surface area contributed by atoms with E-state index in [1.54, 1.807) is 0 Å². The fourth-order valence-electron chi connectivity index (χ4n) is 3.12. The van der Waals surface area contributed by atoms with Gasteiger partial charge in [-0.15, -0.1) is 0 Å². The fraction of sp³-hybridized carbons (Fsp3) is 0.778. The van der Waals surface area contributed by atoms with E-state index >= 15 is 0 Å². The standard InChI is InChI=1S/C18H31NO3S/c1-6-9-15(19-22-7-2)17-16(20)11-14(13(5)18(17)21)10-12(4)23-8-3/h12-14,19H,6-11H2,1-5H3/b17-15+. The van der Waals surface area contributed by atoms with E-state index in [9.17, 15) is 9.59 Å². The molecule has 0 aromatic heterocycles. The second-order valence-corrected chi connectivity index (χ2v) is 7.90. The van der Waals surface area contributed by atoms with Gasteiger partial charge in [0, 0.05) is 17.6 Å². The SMILES string of the molecule is CCC/C(NOCC)=C1/C(=O)CC(CC(C)SCC)C(C)C1=O. The van der Waals surface area contributed by atoms with Gasteiger partial charge in [0.1, 0.15) is 0 Å². The Morgan fingerprint density at radius 1 is 1.35 bits per heavy atom. The molecule has 1 aliphatic rings. The van der Waals surface area contributed by atoms with Crippen molar-refractivity contribution in [3.8, 4) is 0 Å². The van der Waals surface area contributed by atoms with Gasteiger partial charge in [0.25, 0.3) is 0 Å². The molecule has 1 rings (SSSR count). The molecule has 0 aromatic rings. The number of hydroxylamine groups is 1. The molecular formula is C18H31NO3S. The smallest absolute Gasteiger partial charge is 0.171 e. The Labute approximate surface area is 144 Å². The summed E-state index contributed by atoms with van der Waals surface area (Å²) in [5, 5.41) is 0.482. The van der Waals surface area contributed by atoms with Crippen LogP contribution in [0.4, 0.5) is 0 Å². The summed E-state index contributed by atoms with van der Waals surface area (Å²) in [7, 11) is 0. The monoisotopic (exact) mass is 341 g/mol. The number of rotatable bonds is 9. The Balaban J connectivity index is 2.94. The van der Waals surface area contributed by atoms with Gasteiger partial charge in [-0.1, -0.05) is 34.1 Å². The van der Waals surface area contributed by atoms with Gasteiger partial charge in [-0.05, 0) is 31.4 Å². The number of carbonyl (C=O) groups excluding carboxylic acids is 2.